The monoisotopic (exact) mass is 326 g/mol. The Bertz CT molecular complexity index is 490. The van der Waals surface area contributed by atoms with Gasteiger partial charge in [0.2, 0.25) is 0 Å². The third-order valence-corrected chi connectivity index (χ3v) is 4.95. The molecule has 1 aromatic rings. The van der Waals surface area contributed by atoms with Crippen LogP contribution in [0.4, 0.5) is 0 Å². The van der Waals surface area contributed by atoms with E-state index in [-0.39, 0.29) is 11.9 Å². The molecule has 1 aromatic carbocycles. The number of hydrogen-bond donors (Lipinski definition) is 1. The van der Waals surface area contributed by atoms with Crippen molar-refractivity contribution < 1.29 is 14.6 Å². The highest BCUT2D eigenvalue weighted by molar-refractivity contribution is 9.10. The average molecular weight is 327 g/mol. The van der Waals surface area contributed by atoms with Crippen molar-refractivity contribution in [2.24, 2.45) is 5.92 Å². The molecule has 1 aliphatic rings. The quantitative estimate of drug-likeness (QED) is 0.868. The Balaban J connectivity index is 2.41. The number of aliphatic hydroxyl groups is 1. The third-order valence-electron chi connectivity index (χ3n) is 4.26. The van der Waals surface area contributed by atoms with Crippen LogP contribution in [0.5, 0.6) is 0 Å². The molecule has 19 heavy (non-hydrogen) atoms. The van der Waals surface area contributed by atoms with Gasteiger partial charge in [-0.05, 0) is 30.4 Å². The van der Waals surface area contributed by atoms with Gasteiger partial charge in [-0.15, -0.1) is 0 Å². The van der Waals surface area contributed by atoms with Crippen LogP contribution < -0.4 is 0 Å². The summed E-state index contributed by atoms with van der Waals surface area (Å²) >= 11 is 3.49. The highest BCUT2D eigenvalue weighted by Gasteiger charge is 2.61. The minimum atomic E-state index is -0.788. The van der Waals surface area contributed by atoms with Crippen molar-refractivity contribution in [1.29, 1.82) is 0 Å². The maximum atomic E-state index is 12.2. The normalized spacial score (nSPS) is 30.0. The van der Waals surface area contributed by atoms with E-state index in [0.717, 1.165) is 10.0 Å². The molecule has 2 rings (SSSR count). The van der Waals surface area contributed by atoms with Gasteiger partial charge < -0.3 is 9.84 Å². The molecular weight excluding hydrogens is 308 g/mol. The molecular formula is C15H19BrO3. The summed E-state index contributed by atoms with van der Waals surface area (Å²) in [7, 11) is 1.40. The lowest BCUT2D eigenvalue weighted by molar-refractivity contribution is -0.175. The van der Waals surface area contributed by atoms with Crippen LogP contribution in [0.15, 0.2) is 28.7 Å². The minimum Gasteiger partial charge on any atom is -0.468 e. The van der Waals surface area contributed by atoms with Gasteiger partial charge >= 0.3 is 5.97 Å². The SMILES string of the molecule is COC(=O)C1(c2ccccc2Br)CC(O)(C(C)C)C1. The van der Waals surface area contributed by atoms with Gasteiger partial charge in [-0.25, -0.2) is 0 Å². The van der Waals surface area contributed by atoms with E-state index < -0.39 is 11.0 Å². The topological polar surface area (TPSA) is 46.5 Å². The molecule has 1 saturated carbocycles. The van der Waals surface area contributed by atoms with Gasteiger partial charge in [0.1, 0.15) is 0 Å². The molecule has 1 aliphatic carbocycles. The van der Waals surface area contributed by atoms with E-state index in [4.69, 9.17) is 4.74 Å². The summed E-state index contributed by atoms with van der Waals surface area (Å²) in [4.78, 5) is 12.2. The standard InChI is InChI=1S/C15H19BrO3/c1-10(2)15(18)8-14(9-15,13(17)19-3)11-6-4-5-7-12(11)16/h4-7,10,18H,8-9H2,1-3H3. The predicted octanol–water partition coefficient (Wildman–Crippen LogP) is 3.04. The molecule has 0 saturated heterocycles. The van der Waals surface area contributed by atoms with Crippen molar-refractivity contribution in [1.82, 2.24) is 0 Å². The number of hydrogen-bond acceptors (Lipinski definition) is 3. The molecule has 0 amide bonds. The fraction of sp³-hybridized carbons (Fsp3) is 0.533. The van der Waals surface area contributed by atoms with Crippen molar-refractivity contribution >= 4 is 21.9 Å². The molecule has 1 N–H and O–H groups in total. The number of rotatable bonds is 3. The summed E-state index contributed by atoms with van der Waals surface area (Å²) in [6.07, 6.45) is 0.819. The third kappa shape index (κ3) is 2.21. The summed E-state index contributed by atoms with van der Waals surface area (Å²) in [5.41, 5.74) is -0.621. The van der Waals surface area contributed by atoms with Crippen LogP contribution in [0.3, 0.4) is 0 Å². The zero-order valence-corrected chi connectivity index (χ0v) is 13.0. The van der Waals surface area contributed by atoms with Crippen LogP contribution >= 0.6 is 15.9 Å². The van der Waals surface area contributed by atoms with Crippen molar-refractivity contribution in [3.05, 3.63) is 34.3 Å². The van der Waals surface area contributed by atoms with Crippen molar-refractivity contribution in [2.45, 2.75) is 37.7 Å². The van der Waals surface area contributed by atoms with E-state index in [2.05, 4.69) is 15.9 Å². The number of ether oxygens (including phenoxy) is 1. The van der Waals surface area contributed by atoms with Crippen molar-refractivity contribution in [3.63, 3.8) is 0 Å². The maximum absolute atomic E-state index is 12.2. The van der Waals surface area contributed by atoms with E-state index in [0.29, 0.717) is 12.8 Å². The molecule has 0 atom stereocenters. The van der Waals surface area contributed by atoms with Crippen molar-refractivity contribution in [3.8, 4) is 0 Å². The van der Waals surface area contributed by atoms with Gasteiger partial charge in [-0.3, -0.25) is 4.79 Å². The summed E-state index contributed by atoms with van der Waals surface area (Å²) in [6.45, 7) is 3.95. The smallest absolute Gasteiger partial charge is 0.316 e. The van der Waals surface area contributed by atoms with E-state index >= 15 is 0 Å². The Morgan fingerprint density at radius 3 is 2.42 bits per heavy atom. The molecule has 4 heteroatoms. The average Bonchev–Trinajstić information content (AvgIpc) is 2.34. The summed E-state index contributed by atoms with van der Waals surface area (Å²) in [5.74, 6) is -0.155. The van der Waals surface area contributed by atoms with E-state index in [9.17, 15) is 9.90 Å². The van der Waals surface area contributed by atoms with Gasteiger partial charge in [-0.1, -0.05) is 48.0 Å². The second-order valence-corrected chi connectivity index (χ2v) is 6.52. The lowest BCUT2D eigenvalue weighted by Gasteiger charge is -2.53. The highest BCUT2D eigenvalue weighted by Crippen LogP contribution is 2.55. The van der Waals surface area contributed by atoms with Crippen LogP contribution in [0.25, 0.3) is 0 Å². The van der Waals surface area contributed by atoms with Crippen LogP contribution in [0.2, 0.25) is 0 Å². The fourth-order valence-corrected chi connectivity index (χ4v) is 3.56. The molecule has 1 fully saturated rings. The first kappa shape index (κ1) is 14.5. The van der Waals surface area contributed by atoms with Gasteiger partial charge in [0.05, 0.1) is 18.1 Å². The first-order valence-corrected chi connectivity index (χ1v) is 7.21. The summed E-state index contributed by atoms with van der Waals surface area (Å²) < 4.78 is 5.85. The first-order chi connectivity index (χ1) is 8.85. The fourth-order valence-electron chi connectivity index (χ4n) is 2.89. The maximum Gasteiger partial charge on any atom is 0.316 e. The Labute approximate surface area is 122 Å². The second-order valence-electron chi connectivity index (χ2n) is 5.67. The van der Waals surface area contributed by atoms with E-state index in [1.54, 1.807) is 0 Å². The Hall–Kier alpha value is -0.870. The summed E-state index contributed by atoms with van der Waals surface area (Å²) in [6, 6.07) is 7.64. The molecule has 0 heterocycles. The molecule has 0 radical (unpaired) electrons. The van der Waals surface area contributed by atoms with Gasteiger partial charge in [0, 0.05) is 4.47 Å². The molecule has 104 valence electrons. The number of esters is 1. The van der Waals surface area contributed by atoms with E-state index in [1.165, 1.54) is 7.11 Å². The van der Waals surface area contributed by atoms with Crippen LogP contribution in [-0.4, -0.2) is 23.8 Å². The van der Waals surface area contributed by atoms with Gasteiger partial charge in [-0.2, -0.15) is 0 Å². The number of methoxy groups -OCH3 is 1. The zero-order chi connectivity index (χ0) is 14.3. The molecule has 3 nitrogen and oxygen atoms in total. The lowest BCUT2D eigenvalue weighted by Crippen LogP contribution is -2.61. The second kappa shape index (κ2) is 4.91. The Kier molecular flexibility index (Phi) is 3.76. The molecule has 0 bridgehead atoms. The summed E-state index contributed by atoms with van der Waals surface area (Å²) in [5, 5.41) is 10.5. The highest BCUT2D eigenvalue weighted by atomic mass is 79.9. The van der Waals surface area contributed by atoms with Crippen LogP contribution in [0.1, 0.15) is 32.3 Å². The predicted molar refractivity (Wildman–Crippen MR) is 76.9 cm³/mol. The molecule has 0 aliphatic heterocycles. The largest absolute Gasteiger partial charge is 0.468 e. The van der Waals surface area contributed by atoms with Gasteiger partial charge in [0.25, 0.3) is 0 Å². The number of carbonyl (C=O) groups is 1. The Morgan fingerprint density at radius 2 is 1.95 bits per heavy atom. The number of carbonyl (C=O) groups excluding carboxylic acids is 1. The van der Waals surface area contributed by atoms with E-state index in [1.807, 2.05) is 38.1 Å². The lowest BCUT2D eigenvalue weighted by atomic mass is 9.53. The number of halogens is 1. The Morgan fingerprint density at radius 1 is 1.37 bits per heavy atom. The minimum absolute atomic E-state index is 0.118. The molecule has 0 spiro atoms. The number of benzene rings is 1. The van der Waals surface area contributed by atoms with Crippen LogP contribution in [-0.2, 0) is 14.9 Å². The van der Waals surface area contributed by atoms with Gasteiger partial charge in [0.15, 0.2) is 0 Å². The first-order valence-electron chi connectivity index (χ1n) is 6.41. The zero-order valence-electron chi connectivity index (χ0n) is 11.4. The molecule has 0 aromatic heterocycles. The molecule has 0 unspecified atom stereocenters. The van der Waals surface area contributed by atoms with Crippen molar-refractivity contribution in [2.75, 3.05) is 7.11 Å². The van der Waals surface area contributed by atoms with Crippen LogP contribution in [0, 0.1) is 5.92 Å².